The Hall–Kier alpha value is -3.80. The van der Waals surface area contributed by atoms with Crippen LogP contribution >= 0.6 is 0 Å². The van der Waals surface area contributed by atoms with Crippen LogP contribution in [0.1, 0.15) is 22.3 Å². The molecule has 3 aromatic carbocycles. The highest BCUT2D eigenvalue weighted by atomic mass is 19.1. The second-order valence-corrected chi connectivity index (χ2v) is 8.40. The first-order valence-corrected chi connectivity index (χ1v) is 11.3. The van der Waals surface area contributed by atoms with Crippen LogP contribution in [0, 0.1) is 11.6 Å². The van der Waals surface area contributed by atoms with Gasteiger partial charge in [0.1, 0.15) is 17.5 Å². The lowest BCUT2D eigenvalue weighted by molar-refractivity contribution is -0.131. The summed E-state index contributed by atoms with van der Waals surface area (Å²) in [7, 11) is 1.78. The highest BCUT2D eigenvalue weighted by molar-refractivity contribution is 6.03. The van der Waals surface area contributed by atoms with Crippen LogP contribution in [0.15, 0.2) is 84.4 Å². The highest BCUT2D eigenvalue weighted by Gasteiger charge is 2.21. The second kappa shape index (κ2) is 10.4. The molecule has 0 atom stereocenters. The fourth-order valence-electron chi connectivity index (χ4n) is 4.10. The molecule has 1 amide bonds. The number of amides is 1. The van der Waals surface area contributed by atoms with Crippen LogP contribution in [0.25, 0.3) is 5.70 Å². The molecular weight excluding hydrogens is 432 g/mol. The van der Waals surface area contributed by atoms with E-state index in [1.807, 2.05) is 17.0 Å². The average molecular weight is 460 g/mol. The monoisotopic (exact) mass is 459 g/mol. The van der Waals surface area contributed by atoms with E-state index in [9.17, 15) is 13.6 Å². The summed E-state index contributed by atoms with van der Waals surface area (Å²) in [6, 6.07) is 20.1. The van der Waals surface area contributed by atoms with E-state index in [4.69, 9.17) is 0 Å². The third-order valence-electron chi connectivity index (χ3n) is 6.03. The summed E-state index contributed by atoms with van der Waals surface area (Å²) in [4.78, 5) is 21.5. The number of amidine groups is 1. The van der Waals surface area contributed by atoms with Gasteiger partial charge in [0, 0.05) is 25.7 Å². The molecule has 0 N–H and O–H groups in total. The SMILES string of the molecule is C=C(N=C(c1ccc(F)cc1)N(C)CC(=O)N1CCc2ccccc2CC1)c1ccc(F)cc1. The Bertz CT molecular complexity index is 1180. The normalized spacial score (nSPS) is 13.7. The van der Waals surface area contributed by atoms with Crippen LogP contribution in [0.5, 0.6) is 0 Å². The minimum Gasteiger partial charge on any atom is -0.350 e. The van der Waals surface area contributed by atoms with Gasteiger partial charge in [0.05, 0.1) is 12.2 Å². The maximum atomic E-state index is 13.6. The Morgan fingerprint density at radius 3 is 1.91 bits per heavy atom. The Kier molecular flexibility index (Phi) is 7.16. The number of halogens is 2. The average Bonchev–Trinajstić information content (AvgIpc) is 3.06. The zero-order chi connectivity index (χ0) is 24.1. The van der Waals surface area contributed by atoms with Crippen molar-refractivity contribution in [2.45, 2.75) is 12.8 Å². The summed E-state index contributed by atoms with van der Waals surface area (Å²) >= 11 is 0. The first-order chi connectivity index (χ1) is 16.4. The number of carbonyl (C=O) groups excluding carboxylic acids is 1. The van der Waals surface area contributed by atoms with E-state index in [1.54, 1.807) is 36.2 Å². The van der Waals surface area contributed by atoms with Crippen LogP contribution in [-0.2, 0) is 17.6 Å². The van der Waals surface area contributed by atoms with Crippen LogP contribution in [0.4, 0.5) is 8.78 Å². The fraction of sp³-hybridized carbons (Fsp3) is 0.214. The van der Waals surface area contributed by atoms with Gasteiger partial charge in [-0.15, -0.1) is 0 Å². The van der Waals surface area contributed by atoms with Crippen LogP contribution in [0.3, 0.4) is 0 Å². The Morgan fingerprint density at radius 2 is 1.38 bits per heavy atom. The molecule has 0 bridgehead atoms. The predicted molar refractivity (Wildman–Crippen MR) is 131 cm³/mol. The number of fused-ring (bicyclic) bond motifs is 1. The molecule has 1 aliphatic heterocycles. The Balaban J connectivity index is 1.53. The number of rotatable bonds is 5. The van der Waals surface area contributed by atoms with Crippen molar-refractivity contribution in [3.8, 4) is 0 Å². The van der Waals surface area contributed by atoms with Gasteiger partial charge < -0.3 is 9.80 Å². The van der Waals surface area contributed by atoms with Gasteiger partial charge in [-0.05, 0) is 78.1 Å². The minimum atomic E-state index is -0.358. The molecule has 3 aromatic rings. The number of nitrogens with zero attached hydrogens (tertiary/aromatic N) is 3. The van der Waals surface area contributed by atoms with Crippen molar-refractivity contribution < 1.29 is 13.6 Å². The number of hydrogen-bond acceptors (Lipinski definition) is 2. The van der Waals surface area contributed by atoms with Crippen molar-refractivity contribution in [2.75, 3.05) is 26.7 Å². The van der Waals surface area contributed by atoms with Gasteiger partial charge >= 0.3 is 0 Å². The zero-order valence-corrected chi connectivity index (χ0v) is 19.2. The highest BCUT2D eigenvalue weighted by Crippen LogP contribution is 2.19. The predicted octanol–water partition coefficient (Wildman–Crippen LogP) is 4.94. The molecular formula is C28H27F2N3O. The fourth-order valence-corrected chi connectivity index (χ4v) is 4.10. The van der Waals surface area contributed by atoms with Crippen molar-refractivity contribution in [1.29, 1.82) is 0 Å². The molecule has 0 saturated heterocycles. The molecule has 0 spiro atoms. The molecule has 1 heterocycles. The van der Waals surface area contributed by atoms with E-state index in [0.717, 1.165) is 12.8 Å². The lowest BCUT2D eigenvalue weighted by atomic mass is 10.0. The van der Waals surface area contributed by atoms with E-state index < -0.39 is 0 Å². The third-order valence-corrected chi connectivity index (χ3v) is 6.03. The van der Waals surface area contributed by atoms with E-state index in [2.05, 4.69) is 23.7 Å². The van der Waals surface area contributed by atoms with E-state index in [1.165, 1.54) is 35.4 Å². The third kappa shape index (κ3) is 5.57. The number of carbonyl (C=O) groups is 1. The zero-order valence-electron chi connectivity index (χ0n) is 19.2. The standard InChI is InChI=1S/C28H27F2N3O/c1-20(21-7-11-25(29)12-8-21)31-28(24-9-13-26(30)14-10-24)32(2)19-27(34)33-17-15-22-5-3-4-6-23(22)16-18-33/h3-14H,1,15-19H2,2H3. The van der Waals surface area contributed by atoms with Crippen molar-refractivity contribution in [3.05, 3.63) is 113 Å². The first kappa shape index (κ1) is 23.4. The molecule has 6 heteroatoms. The molecule has 0 radical (unpaired) electrons. The maximum absolute atomic E-state index is 13.6. The lowest BCUT2D eigenvalue weighted by Gasteiger charge is -2.26. The summed E-state index contributed by atoms with van der Waals surface area (Å²) < 4.78 is 26.9. The lowest BCUT2D eigenvalue weighted by Crippen LogP contribution is -2.42. The molecule has 1 aliphatic rings. The van der Waals surface area contributed by atoms with Gasteiger partial charge in [-0.2, -0.15) is 0 Å². The van der Waals surface area contributed by atoms with E-state index in [-0.39, 0.29) is 24.1 Å². The second-order valence-electron chi connectivity index (χ2n) is 8.40. The molecule has 0 aliphatic carbocycles. The summed E-state index contributed by atoms with van der Waals surface area (Å²) in [5.74, 6) is -0.219. The maximum Gasteiger partial charge on any atom is 0.242 e. The van der Waals surface area contributed by atoms with Gasteiger partial charge in [0.2, 0.25) is 5.91 Å². The van der Waals surface area contributed by atoms with Gasteiger partial charge in [-0.25, -0.2) is 13.8 Å². The van der Waals surface area contributed by atoms with Crippen molar-refractivity contribution in [1.82, 2.24) is 9.80 Å². The largest absolute Gasteiger partial charge is 0.350 e. The topological polar surface area (TPSA) is 35.9 Å². The Labute approximate surface area is 198 Å². The summed E-state index contributed by atoms with van der Waals surface area (Å²) in [6.07, 6.45) is 1.65. The number of aliphatic imine (C=N–C) groups is 1. The number of benzene rings is 3. The smallest absolute Gasteiger partial charge is 0.242 e. The van der Waals surface area contributed by atoms with Crippen LogP contribution in [-0.4, -0.2) is 48.2 Å². The van der Waals surface area contributed by atoms with Crippen molar-refractivity contribution >= 4 is 17.4 Å². The van der Waals surface area contributed by atoms with Gasteiger partial charge in [0.25, 0.3) is 0 Å². The van der Waals surface area contributed by atoms with Gasteiger partial charge in [-0.3, -0.25) is 4.79 Å². The quantitative estimate of drug-likeness (QED) is 0.400. The first-order valence-electron chi connectivity index (χ1n) is 11.3. The van der Waals surface area contributed by atoms with Crippen molar-refractivity contribution in [2.24, 2.45) is 4.99 Å². The molecule has 0 aromatic heterocycles. The number of likely N-dealkylation sites (N-methyl/N-ethyl adjacent to an activating group) is 1. The summed E-state index contributed by atoms with van der Waals surface area (Å²) in [6.45, 7) is 5.46. The molecule has 34 heavy (non-hydrogen) atoms. The van der Waals surface area contributed by atoms with Gasteiger partial charge in [0.15, 0.2) is 0 Å². The molecule has 174 valence electrons. The van der Waals surface area contributed by atoms with E-state index >= 15 is 0 Å². The summed E-state index contributed by atoms with van der Waals surface area (Å²) in [5, 5.41) is 0. The van der Waals surface area contributed by atoms with Crippen LogP contribution in [0.2, 0.25) is 0 Å². The minimum absolute atomic E-state index is 0.00230. The van der Waals surface area contributed by atoms with E-state index in [0.29, 0.717) is 35.7 Å². The molecule has 0 unspecified atom stereocenters. The number of hydrogen-bond donors (Lipinski definition) is 0. The molecule has 0 fully saturated rings. The van der Waals surface area contributed by atoms with Gasteiger partial charge in [-0.1, -0.05) is 30.8 Å². The molecule has 0 saturated carbocycles. The summed E-state index contributed by atoms with van der Waals surface area (Å²) in [5.41, 5.74) is 4.31. The Morgan fingerprint density at radius 1 is 0.882 bits per heavy atom. The molecule has 4 rings (SSSR count). The van der Waals surface area contributed by atoms with Crippen molar-refractivity contribution in [3.63, 3.8) is 0 Å². The molecule has 4 nitrogen and oxygen atoms in total. The van der Waals surface area contributed by atoms with Crippen LogP contribution < -0.4 is 0 Å².